The molecule has 1 saturated heterocycles. The lowest BCUT2D eigenvalue weighted by molar-refractivity contribution is -0.149. The number of nitrogens with zero attached hydrogens (tertiary/aromatic N) is 5. The molecule has 8 nitrogen and oxygen atoms in total. The number of benzene rings is 1. The number of carbonyl (C=O) groups is 2. The van der Waals surface area contributed by atoms with Crippen LogP contribution in [0.25, 0.3) is 11.8 Å². The average Bonchev–Trinajstić information content (AvgIpc) is 3.09. The van der Waals surface area contributed by atoms with Gasteiger partial charge in [-0.1, -0.05) is 44.2 Å². The molecule has 0 radical (unpaired) electrons. The highest BCUT2D eigenvalue weighted by atomic mass is 16.5. The Morgan fingerprint density at radius 1 is 1.18 bits per heavy atom. The normalized spacial score (nSPS) is 20.1. The van der Waals surface area contributed by atoms with E-state index in [0.29, 0.717) is 30.7 Å². The lowest BCUT2D eigenvalue weighted by Gasteiger charge is -2.34. The van der Waals surface area contributed by atoms with Crippen LogP contribution in [0.4, 0.5) is 0 Å². The standard InChI is InChI=1S/C20H25N5O3/c1-14-9-15(2)12-24(11-14)19(26)13-28-20(27)18(25-16(3)21-22-23-25)10-17-7-5-4-6-8-17/h4-8,10,14-15H,9,11-13H2,1-3H3/b18-10-/t14-,15-/m0/s1. The molecule has 0 unspecified atom stereocenters. The number of hydrogen-bond donors (Lipinski definition) is 0. The smallest absolute Gasteiger partial charge is 0.357 e. The molecule has 1 aromatic heterocycles. The number of carbonyl (C=O) groups excluding carboxylic acids is 2. The van der Waals surface area contributed by atoms with E-state index in [0.717, 1.165) is 12.0 Å². The van der Waals surface area contributed by atoms with Crippen molar-refractivity contribution in [2.24, 2.45) is 11.8 Å². The zero-order chi connectivity index (χ0) is 20.1. The van der Waals surface area contributed by atoms with Crippen molar-refractivity contribution >= 4 is 23.6 Å². The second kappa shape index (κ2) is 8.77. The molecule has 0 saturated carbocycles. The number of tetrazole rings is 1. The molecule has 1 aromatic carbocycles. The molecule has 8 heteroatoms. The molecule has 1 amide bonds. The van der Waals surface area contributed by atoms with Crippen LogP contribution in [-0.2, 0) is 14.3 Å². The maximum absolute atomic E-state index is 12.7. The summed E-state index contributed by atoms with van der Waals surface area (Å²) in [5, 5.41) is 11.3. The summed E-state index contributed by atoms with van der Waals surface area (Å²) in [7, 11) is 0. The number of esters is 1. The third-order valence-electron chi connectivity index (χ3n) is 4.71. The first kappa shape index (κ1) is 19.7. The van der Waals surface area contributed by atoms with Gasteiger partial charge in [-0.15, -0.1) is 5.10 Å². The van der Waals surface area contributed by atoms with Gasteiger partial charge in [0, 0.05) is 13.1 Å². The van der Waals surface area contributed by atoms with Gasteiger partial charge in [0.05, 0.1) is 0 Å². The molecule has 0 bridgehead atoms. The van der Waals surface area contributed by atoms with Crippen LogP contribution in [0.5, 0.6) is 0 Å². The summed E-state index contributed by atoms with van der Waals surface area (Å²) < 4.78 is 6.64. The Labute approximate surface area is 164 Å². The summed E-state index contributed by atoms with van der Waals surface area (Å²) in [6, 6.07) is 9.33. The number of hydrogen-bond acceptors (Lipinski definition) is 6. The Bertz CT molecular complexity index is 852. The molecule has 3 rings (SSSR count). The van der Waals surface area contributed by atoms with Gasteiger partial charge >= 0.3 is 5.97 Å². The van der Waals surface area contributed by atoms with Gasteiger partial charge in [-0.3, -0.25) is 4.79 Å². The monoisotopic (exact) mass is 383 g/mol. The second-order valence-corrected chi connectivity index (χ2v) is 7.40. The Kier molecular flexibility index (Phi) is 6.18. The predicted octanol–water partition coefficient (Wildman–Crippen LogP) is 2.03. The molecule has 0 aliphatic carbocycles. The molecule has 1 aliphatic heterocycles. The summed E-state index contributed by atoms with van der Waals surface area (Å²) in [6.45, 7) is 7.03. The third-order valence-corrected chi connectivity index (χ3v) is 4.71. The molecule has 2 heterocycles. The minimum absolute atomic E-state index is 0.155. The summed E-state index contributed by atoms with van der Waals surface area (Å²) >= 11 is 0. The van der Waals surface area contributed by atoms with Crippen molar-refractivity contribution < 1.29 is 14.3 Å². The van der Waals surface area contributed by atoms with Crippen LogP contribution < -0.4 is 0 Å². The molecule has 28 heavy (non-hydrogen) atoms. The highest BCUT2D eigenvalue weighted by molar-refractivity contribution is 6.15. The minimum atomic E-state index is -0.647. The van der Waals surface area contributed by atoms with E-state index in [1.807, 2.05) is 30.3 Å². The van der Waals surface area contributed by atoms with E-state index in [-0.39, 0.29) is 18.2 Å². The second-order valence-electron chi connectivity index (χ2n) is 7.40. The van der Waals surface area contributed by atoms with Crippen molar-refractivity contribution in [3.05, 3.63) is 41.7 Å². The van der Waals surface area contributed by atoms with Crippen molar-refractivity contribution in [1.29, 1.82) is 0 Å². The van der Waals surface area contributed by atoms with Crippen molar-refractivity contribution in [2.75, 3.05) is 19.7 Å². The summed E-state index contributed by atoms with van der Waals surface area (Å²) in [5.41, 5.74) is 0.955. The predicted molar refractivity (Wildman–Crippen MR) is 104 cm³/mol. The van der Waals surface area contributed by atoms with Gasteiger partial charge < -0.3 is 9.64 Å². The number of piperidine rings is 1. The van der Waals surface area contributed by atoms with Crippen LogP contribution in [0.1, 0.15) is 31.7 Å². The fourth-order valence-corrected chi connectivity index (χ4v) is 3.53. The maximum Gasteiger partial charge on any atom is 0.357 e. The zero-order valence-electron chi connectivity index (χ0n) is 16.4. The molecule has 1 fully saturated rings. The summed E-state index contributed by atoms with van der Waals surface area (Å²) in [4.78, 5) is 27.0. The number of aromatic nitrogens is 4. The van der Waals surface area contributed by atoms with Crippen LogP contribution in [0.3, 0.4) is 0 Å². The van der Waals surface area contributed by atoms with Crippen LogP contribution in [-0.4, -0.2) is 56.7 Å². The van der Waals surface area contributed by atoms with E-state index in [4.69, 9.17) is 4.74 Å². The van der Waals surface area contributed by atoms with Gasteiger partial charge in [-0.25, -0.2) is 4.79 Å². The first-order valence-electron chi connectivity index (χ1n) is 9.41. The van der Waals surface area contributed by atoms with Crippen LogP contribution in [0.15, 0.2) is 30.3 Å². The van der Waals surface area contributed by atoms with Crippen molar-refractivity contribution in [1.82, 2.24) is 25.1 Å². The Balaban J connectivity index is 1.73. The Morgan fingerprint density at radius 2 is 1.86 bits per heavy atom. The number of ether oxygens (including phenoxy) is 1. The summed E-state index contributed by atoms with van der Waals surface area (Å²) in [5.74, 6) is 0.510. The van der Waals surface area contributed by atoms with E-state index in [1.54, 1.807) is 17.9 Å². The Hall–Kier alpha value is -3.03. The lowest BCUT2D eigenvalue weighted by Crippen LogP contribution is -2.44. The van der Waals surface area contributed by atoms with Crippen molar-refractivity contribution in [3.63, 3.8) is 0 Å². The van der Waals surface area contributed by atoms with E-state index in [9.17, 15) is 9.59 Å². The van der Waals surface area contributed by atoms with E-state index in [2.05, 4.69) is 29.4 Å². The summed E-state index contributed by atoms with van der Waals surface area (Å²) in [6.07, 6.45) is 2.74. The Morgan fingerprint density at radius 3 is 2.46 bits per heavy atom. The highest BCUT2D eigenvalue weighted by Crippen LogP contribution is 2.21. The maximum atomic E-state index is 12.7. The van der Waals surface area contributed by atoms with Gasteiger partial charge in [0.2, 0.25) is 0 Å². The fourth-order valence-electron chi connectivity index (χ4n) is 3.53. The number of rotatable bonds is 5. The van der Waals surface area contributed by atoms with Gasteiger partial charge in [0.1, 0.15) is 0 Å². The highest BCUT2D eigenvalue weighted by Gasteiger charge is 2.27. The fraction of sp³-hybridized carbons (Fsp3) is 0.450. The molecule has 1 aliphatic rings. The van der Waals surface area contributed by atoms with Crippen molar-refractivity contribution in [2.45, 2.75) is 27.2 Å². The first-order valence-corrected chi connectivity index (χ1v) is 9.41. The van der Waals surface area contributed by atoms with Crippen molar-refractivity contribution in [3.8, 4) is 0 Å². The molecular formula is C20H25N5O3. The van der Waals surface area contributed by atoms with Crippen LogP contribution in [0.2, 0.25) is 0 Å². The molecular weight excluding hydrogens is 358 g/mol. The number of aryl methyl sites for hydroxylation is 1. The number of likely N-dealkylation sites (tertiary alicyclic amines) is 1. The first-order chi connectivity index (χ1) is 13.4. The third kappa shape index (κ3) is 4.82. The molecule has 2 aromatic rings. The van der Waals surface area contributed by atoms with Gasteiger partial charge in [-0.2, -0.15) is 4.68 Å². The quantitative estimate of drug-likeness (QED) is 0.580. The lowest BCUT2D eigenvalue weighted by atomic mass is 9.92. The SMILES string of the molecule is Cc1nnnn1/C(=C\c1ccccc1)C(=O)OCC(=O)N1C[C@@H](C)C[C@H](C)C1. The molecule has 0 N–H and O–H groups in total. The molecule has 0 spiro atoms. The molecule has 2 atom stereocenters. The van der Waals surface area contributed by atoms with Gasteiger partial charge in [0.15, 0.2) is 18.1 Å². The van der Waals surface area contributed by atoms with E-state index in [1.165, 1.54) is 4.68 Å². The van der Waals surface area contributed by atoms with E-state index >= 15 is 0 Å². The van der Waals surface area contributed by atoms with Gasteiger partial charge in [0.25, 0.3) is 5.91 Å². The van der Waals surface area contributed by atoms with Gasteiger partial charge in [-0.05, 0) is 47.2 Å². The average molecular weight is 383 g/mol. The molecule has 148 valence electrons. The van der Waals surface area contributed by atoms with E-state index < -0.39 is 5.97 Å². The minimum Gasteiger partial charge on any atom is -0.451 e. The largest absolute Gasteiger partial charge is 0.451 e. The van der Waals surface area contributed by atoms with Crippen LogP contribution in [0, 0.1) is 18.8 Å². The topological polar surface area (TPSA) is 90.2 Å². The number of amides is 1. The zero-order valence-corrected chi connectivity index (χ0v) is 16.4. The van der Waals surface area contributed by atoms with Crippen LogP contribution >= 0.6 is 0 Å².